The largest absolute Gasteiger partial charge is 0.392 e. The van der Waals surface area contributed by atoms with Crippen LogP contribution >= 0.6 is 22.3 Å². The van der Waals surface area contributed by atoms with Crippen LogP contribution in [0.4, 0.5) is 35.1 Å². The van der Waals surface area contributed by atoms with E-state index in [0.29, 0.717) is 12.8 Å². The summed E-state index contributed by atoms with van der Waals surface area (Å²) in [6.45, 7) is 1.93. The van der Waals surface area contributed by atoms with Gasteiger partial charge in [0, 0.05) is 17.1 Å². The Labute approximate surface area is 162 Å². The Hall–Kier alpha value is -0.0300. The summed E-state index contributed by atoms with van der Waals surface area (Å²) >= 11 is 3.84. The van der Waals surface area contributed by atoms with Crippen LogP contribution in [0.5, 0.6) is 0 Å². The molecule has 0 bridgehead atoms. The molecule has 0 spiro atoms. The summed E-state index contributed by atoms with van der Waals surface area (Å²) in [6.07, 6.45) is 0.606. The molecule has 2 nitrogen and oxygen atoms in total. The van der Waals surface area contributed by atoms with Crippen molar-refractivity contribution < 1.29 is 43.5 Å². The Morgan fingerprint density at radius 1 is 0.815 bits per heavy atom. The van der Waals surface area contributed by atoms with Crippen LogP contribution in [0, 0.1) is 0 Å². The molecule has 27 heavy (non-hydrogen) atoms. The summed E-state index contributed by atoms with van der Waals surface area (Å²) < 4.78 is 128. The molecular weight excluding hydrogens is 455 g/mol. The van der Waals surface area contributed by atoms with Crippen molar-refractivity contribution in [1.29, 1.82) is 0 Å². The second-order valence-corrected chi connectivity index (χ2v) is 9.59. The molecule has 0 fully saturated rings. The third-order valence-corrected chi connectivity index (χ3v) is 6.16. The average Bonchev–Trinajstić information content (AvgIpc) is 2.46. The molecule has 0 aliphatic heterocycles. The fourth-order valence-corrected chi connectivity index (χ4v) is 3.75. The molecule has 0 radical (unpaired) electrons. The molecule has 13 heteroatoms. The Morgan fingerprint density at radius 3 is 1.67 bits per heavy atom. The van der Waals surface area contributed by atoms with Gasteiger partial charge in [-0.05, 0) is 18.0 Å². The Morgan fingerprint density at radius 2 is 1.26 bits per heavy atom. The Kier molecular flexibility index (Phi) is 9.64. The number of unbranched alkanes of at least 4 members (excludes halogenated alkanes) is 5. The van der Waals surface area contributed by atoms with E-state index in [2.05, 4.69) is 11.6 Å². The molecule has 0 N–H and O–H groups in total. The smallest absolute Gasteiger partial charge is 0.212 e. The van der Waals surface area contributed by atoms with E-state index < -0.39 is 50.3 Å². The van der Waals surface area contributed by atoms with Gasteiger partial charge in [0.05, 0.1) is 5.25 Å². The van der Waals surface area contributed by atoms with Crippen molar-refractivity contribution in [3.63, 3.8) is 0 Å². The first-order valence-electron chi connectivity index (χ1n) is 8.05. The summed E-state index contributed by atoms with van der Waals surface area (Å²) in [6, 6.07) is 0. The summed E-state index contributed by atoms with van der Waals surface area (Å²) in [5.74, 6) is -19.0. The second kappa shape index (κ2) is 9.65. The zero-order valence-electron chi connectivity index (χ0n) is 14.2. The molecule has 0 aromatic carbocycles. The zero-order valence-corrected chi connectivity index (χ0v) is 16.6. The molecule has 0 saturated heterocycles. The highest BCUT2D eigenvalue weighted by Gasteiger charge is 2.80. The van der Waals surface area contributed by atoms with Crippen LogP contribution in [0.2, 0.25) is 0 Å². The van der Waals surface area contributed by atoms with Crippen molar-refractivity contribution in [1.82, 2.24) is 0 Å². The molecule has 0 rings (SSSR count). The number of halogens is 10. The summed E-state index contributed by atoms with van der Waals surface area (Å²) in [5, 5.41) is -8.29. The first-order chi connectivity index (χ1) is 11.9. The molecule has 0 aromatic heterocycles. The van der Waals surface area contributed by atoms with E-state index in [0.717, 1.165) is 19.3 Å². The maximum absolute atomic E-state index is 13.7. The molecule has 1 unspecified atom stereocenters. The van der Waals surface area contributed by atoms with Crippen LogP contribution in [-0.2, 0) is 9.05 Å². The number of rotatable bonds is 13. The minimum absolute atomic E-state index is 0.00401. The maximum Gasteiger partial charge on any atom is 0.392 e. The van der Waals surface area contributed by atoms with E-state index in [-0.39, 0.29) is 6.42 Å². The minimum atomic E-state index is -6.62. The molecule has 0 aliphatic carbocycles. The molecule has 0 amide bonds. The molecule has 0 saturated carbocycles. The molecule has 164 valence electrons. The van der Waals surface area contributed by atoms with Gasteiger partial charge in [-0.25, -0.2) is 8.42 Å². The van der Waals surface area contributed by atoms with Crippen molar-refractivity contribution >= 4 is 31.3 Å². The first kappa shape index (κ1) is 27.0. The van der Waals surface area contributed by atoms with Gasteiger partial charge in [0.2, 0.25) is 9.05 Å². The standard InChI is InChI=1S/C14H20Cl2F8O2S/c1-2-3-4-5-6-7-8-10(27(16,25)26)9-11(17,18)12(19,20)13(21,22)14(15,23)24/h10H,2-9H2,1H3. The van der Waals surface area contributed by atoms with Gasteiger partial charge in [-0.2, -0.15) is 35.1 Å². The van der Waals surface area contributed by atoms with Crippen molar-refractivity contribution in [3.8, 4) is 0 Å². The van der Waals surface area contributed by atoms with Crippen LogP contribution in [0.25, 0.3) is 0 Å². The van der Waals surface area contributed by atoms with Crippen LogP contribution in [0.15, 0.2) is 0 Å². The summed E-state index contributed by atoms with van der Waals surface area (Å²) in [5.41, 5.74) is 0. The number of hydrogen-bond acceptors (Lipinski definition) is 2. The predicted octanol–water partition coefficient (Wildman–Crippen LogP) is 6.80. The van der Waals surface area contributed by atoms with Gasteiger partial charge in [0.25, 0.3) is 0 Å². The second-order valence-electron chi connectivity index (χ2n) is 6.21. The monoisotopic (exact) mass is 474 g/mol. The van der Waals surface area contributed by atoms with E-state index in [9.17, 15) is 43.5 Å². The zero-order chi connectivity index (χ0) is 21.7. The highest BCUT2D eigenvalue weighted by molar-refractivity contribution is 8.14. The topological polar surface area (TPSA) is 34.1 Å². The molecule has 1 atom stereocenters. The van der Waals surface area contributed by atoms with E-state index in [1.54, 1.807) is 0 Å². The van der Waals surface area contributed by atoms with Crippen LogP contribution < -0.4 is 0 Å². The van der Waals surface area contributed by atoms with Crippen LogP contribution in [0.1, 0.15) is 58.3 Å². The fraction of sp³-hybridized carbons (Fsp3) is 1.00. The first-order valence-corrected chi connectivity index (χ1v) is 10.8. The summed E-state index contributed by atoms with van der Waals surface area (Å²) in [7, 11) is 0.111. The summed E-state index contributed by atoms with van der Waals surface area (Å²) in [4.78, 5) is 0. The lowest BCUT2D eigenvalue weighted by Gasteiger charge is -2.35. The molecule has 0 aromatic rings. The SMILES string of the molecule is CCCCCCCCC(CC(F)(F)C(F)(F)C(F)(F)C(F)(F)Cl)S(=O)(=O)Cl. The fourth-order valence-electron chi connectivity index (χ4n) is 2.32. The molecule has 0 heterocycles. The lowest BCUT2D eigenvalue weighted by Crippen LogP contribution is -2.61. The quantitative estimate of drug-likeness (QED) is 0.127. The van der Waals surface area contributed by atoms with Gasteiger partial charge in [-0.15, -0.1) is 0 Å². The van der Waals surface area contributed by atoms with E-state index in [4.69, 9.17) is 10.7 Å². The van der Waals surface area contributed by atoms with Gasteiger partial charge < -0.3 is 0 Å². The van der Waals surface area contributed by atoms with E-state index in [1.807, 2.05) is 6.92 Å². The average molecular weight is 475 g/mol. The lowest BCUT2D eigenvalue weighted by molar-refractivity contribution is -0.349. The van der Waals surface area contributed by atoms with Gasteiger partial charge in [-0.3, -0.25) is 0 Å². The Balaban J connectivity index is 5.29. The number of alkyl halides is 9. The maximum atomic E-state index is 13.7. The van der Waals surface area contributed by atoms with Crippen molar-refractivity contribution in [2.24, 2.45) is 0 Å². The van der Waals surface area contributed by atoms with Gasteiger partial charge >= 0.3 is 23.1 Å². The minimum Gasteiger partial charge on any atom is -0.212 e. The van der Waals surface area contributed by atoms with Gasteiger partial charge in [0.1, 0.15) is 0 Å². The van der Waals surface area contributed by atoms with Crippen molar-refractivity contribution in [3.05, 3.63) is 0 Å². The van der Waals surface area contributed by atoms with Gasteiger partial charge in [0.15, 0.2) is 0 Å². The molecular formula is C14H20Cl2F8O2S. The highest BCUT2D eigenvalue weighted by atomic mass is 35.7. The van der Waals surface area contributed by atoms with Crippen LogP contribution in [0.3, 0.4) is 0 Å². The van der Waals surface area contributed by atoms with Crippen LogP contribution in [-0.4, -0.2) is 36.8 Å². The third kappa shape index (κ3) is 7.06. The predicted molar refractivity (Wildman–Crippen MR) is 86.8 cm³/mol. The van der Waals surface area contributed by atoms with Crippen molar-refractivity contribution in [2.45, 2.75) is 86.7 Å². The van der Waals surface area contributed by atoms with E-state index >= 15 is 0 Å². The third-order valence-electron chi connectivity index (χ3n) is 3.97. The Bertz CT molecular complexity index is 564. The van der Waals surface area contributed by atoms with E-state index in [1.165, 1.54) is 0 Å². The van der Waals surface area contributed by atoms with Crippen molar-refractivity contribution in [2.75, 3.05) is 0 Å². The highest BCUT2D eigenvalue weighted by Crippen LogP contribution is 2.55. The number of hydrogen-bond donors (Lipinski definition) is 0. The normalized spacial score (nSPS) is 15.8. The van der Waals surface area contributed by atoms with Gasteiger partial charge in [-0.1, -0.05) is 45.4 Å². The molecule has 0 aliphatic rings. The lowest BCUT2D eigenvalue weighted by atomic mass is 9.97.